The van der Waals surface area contributed by atoms with E-state index in [0.29, 0.717) is 35.3 Å². The monoisotopic (exact) mass is 512 g/mol. The highest BCUT2D eigenvalue weighted by atomic mass is 32.2. The van der Waals surface area contributed by atoms with Crippen molar-refractivity contribution in [3.8, 4) is 5.75 Å². The van der Waals surface area contributed by atoms with Gasteiger partial charge in [0, 0.05) is 32.3 Å². The molecule has 2 unspecified atom stereocenters. The van der Waals surface area contributed by atoms with Crippen molar-refractivity contribution in [3.05, 3.63) is 65.7 Å². The molecule has 0 saturated carbocycles. The van der Waals surface area contributed by atoms with Crippen LogP contribution in [0.5, 0.6) is 5.75 Å². The largest absolute Gasteiger partial charge is 0.486 e. The van der Waals surface area contributed by atoms with Crippen molar-refractivity contribution in [2.75, 3.05) is 39.0 Å². The van der Waals surface area contributed by atoms with E-state index in [1.807, 2.05) is 42.3 Å². The number of likely N-dealkylation sites (tertiary alicyclic amines) is 1. The fraction of sp³-hybridized carbons (Fsp3) is 0.480. The average molecular weight is 513 g/mol. The molecule has 0 radical (unpaired) electrons. The predicted octanol–water partition coefficient (Wildman–Crippen LogP) is 5.62. The summed E-state index contributed by atoms with van der Waals surface area (Å²) < 4.78 is 45.4. The molecule has 4 nitrogen and oxygen atoms in total. The van der Waals surface area contributed by atoms with Crippen LogP contribution in [0.15, 0.2) is 54.6 Å². The maximum absolute atomic E-state index is 12.9. The first-order valence-electron chi connectivity index (χ1n) is 11.4. The number of thioether (sulfide) groups is 1. The molecule has 1 saturated heterocycles. The third-order valence-electron chi connectivity index (χ3n) is 5.74. The number of β-amino-alcohol motifs (C(OH)–C–C–N with tert-alkyl or cyclic N) is 1. The summed E-state index contributed by atoms with van der Waals surface area (Å²) in [5, 5.41) is 10.3. The highest BCUT2D eigenvalue weighted by Gasteiger charge is 2.30. The van der Waals surface area contributed by atoms with Gasteiger partial charge in [0.15, 0.2) is 0 Å². The summed E-state index contributed by atoms with van der Waals surface area (Å²) in [5.41, 5.74) is 0.237. The van der Waals surface area contributed by atoms with Gasteiger partial charge in [0.2, 0.25) is 0 Å². The molecule has 0 bridgehead atoms. The second-order valence-electron chi connectivity index (χ2n) is 8.49. The van der Waals surface area contributed by atoms with E-state index >= 15 is 0 Å². The highest BCUT2D eigenvalue weighted by molar-refractivity contribution is 8.22. The molecule has 1 aliphatic heterocycles. The summed E-state index contributed by atoms with van der Waals surface area (Å²) in [7, 11) is 1.91. The van der Waals surface area contributed by atoms with Crippen LogP contribution in [0.25, 0.3) is 0 Å². The number of thiocarbonyl (C=S) groups is 1. The van der Waals surface area contributed by atoms with Crippen molar-refractivity contribution in [1.82, 2.24) is 9.80 Å². The molecule has 0 aromatic heterocycles. The number of rotatable bonds is 10. The van der Waals surface area contributed by atoms with Crippen LogP contribution in [-0.4, -0.2) is 64.3 Å². The molecular weight excluding hydrogens is 481 g/mol. The van der Waals surface area contributed by atoms with E-state index in [0.717, 1.165) is 30.8 Å². The topological polar surface area (TPSA) is 35.9 Å². The lowest BCUT2D eigenvalue weighted by Crippen LogP contribution is -2.33. The van der Waals surface area contributed by atoms with Crippen molar-refractivity contribution in [2.45, 2.75) is 37.6 Å². The molecule has 0 aliphatic carbocycles. The molecule has 9 heteroatoms. The second kappa shape index (κ2) is 12.8. The molecule has 2 atom stereocenters. The van der Waals surface area contributed by atoms with E-state index in [2.05, 4.69) is 4.90 Å². The van der Waals surface area contributed by atoms with Gasteiger partial charge in [0.25, 0.3) is 0 Å². The zero-order valence-corrected chi connectivity index (χ0v) is 20.8. The van der Waals surface area contributed by atoms with Gasteiger partial charge in [-0.2, -0.15) is 13.2 Å². The van der Waals surface area contributed by atoms with E-state index in [9.17, 15) is 18.3 Å². The molecule has 0 spiro atoms. The Kier molecular flexibility index (Phi) is 10.1. The summed E-state index contributed by atoms with van der Waals surface area (Å²) in [6, 6.07) is 14.4. The number of aliphatic hydroxyl groups excluding tert-OH is 1. The van der Waals surface area contributed by atoms with Gasteiger partial charge in [-0.15, -0.1) is 0 Å². The Hall–Kier alpha value is -1.81. The van der Waals surface area contributed by atoms with Crippen LogP contribution in [-0.2, 0) is 6.18 Å². The number of benzene rings is 2. The van der Waals surface area contributed by atoms with Crippen LogP contribution in [0.1, 0.15) is 36.5 Å². The number of halogens is 3. The lowest BCUT2D eigenvalue weighted by molar-refractivity contribution is -0.137. The maximum atomic E-state index is 12.9. The summed E-state index contributed by atoms with van der Waals surface area (Å²) in [6.07, 6.45) is -2.16. The van der Waals surface area contributed by atoms with E-state index in [4.69, 9.17) is 17.0 Å². The average Bonchev–Trinajstić information content (AvgIpc) is 3.33. The van der Waals surface area contributed by atoms with Crippen LogP contribution >= 0.6 is 24.0 Å². The lowest BCUT2D eigenvalue weighted by Gasteiger charge is -2.25. The standard InChI is InChI=1S/C25H31F3N2O2S2/c1-29(24(33)34-18-21(31)17-30-14-5-6-15-30)16-13-23(19-7-3-2-4-8-19)32-22-11-9-20(10-12-22)25(26,27)28/h2-4,7-12,21,23,31H,5-6,13-18H2,1H3. The molecule has 3 rings (SSSR count). The van der Waals surface area contributed by atoms with Gasteiger partial charge in [-0.3, -0.25) is 0 Å². The molecule has 186 valence electrons. The van der Waals surface area contributed by atoms with Crippen LogP contribution in [0.3, 0.4) is 0 Å². The van der Waals surface area contributed by atoms with E-state index in [1.165, 1.54) is 36.7 Å². The van der Waals surface area contributed by atoms with E-state index in [-0.39, 0.29) is 6.10 Å². The van der Waals surface area contributed by atoms with E-state index in [1.54, 1.807) is 0 Å². The molecule has 2 aromatic rings. The van der Waals surface area contributed by atoms with Crippen LogP contribution in [0.4, 0.5) is 13.2 Å². The number of nitrogens with zero attached hydrogens (tertiary/aromatic N) is 2. The Morgan fingerprint density at radius 3 is 2.38 bits per heavy atom. The maximum Gasteiger partial charge on any atom is 0.416 e. The van der Waals surface area contributed by atoms with Crippen molar-refractivity contribution in [3.63, 3.8) is 0 Å². The van der Waals surface area contributed by atoms with Crippen molar-refractivity contribution >= 4 is 28.3 Å². The Bertz CT molecular complexity index is 891. The summed E-state index contributed by atoms with van der Waals surface area (Å²) in [5.74, 6) is 0.926. The smallest absolute Gasteiger partial charge is 0.416 e. The molecule has 1 aliphatic rings. The number of alkyl halides is 3. The first kappa shape index (κ1) is 26.8. The first-order chi connectivity index (χ1) is 16.2. The van der Waals surface area contributed by atoms with Gasteiger partial charge in [-0.05, 0) is 55.8 Å². The van der Waals surface area contributed by atoms with Gasteiger partial charge in [0.1, 0.15) is 16.2 Å². The minimum absolute atomic E-state index is 0.339. The highest BCUT2D eigenvalue weighted by Crippen LogP contribution is 2.32. The lowest BCUT2D eigenvalue weighted by atomic mass is 10.1. The normalized spacial score (nSPS) is 16.3. The molecule has 1 heterocycles. The van der Waals surface area contributed by atoms with Crippen molar-refractivity contribution in [2.24, 2.45) is 0 Å². The predicted molar refractivity (Wildman–Crippen MR) is 135 cm³/mol. The van der Waals surface area contributed by atoms with Crippen molar-refractivity contribution < 1.29 is 23.0 Å². The van der Waals surface area contributed by atoms with Gasteiger partial charge < -0.3 is 19.6 Å². The quantitative estimate of drug-likeness (QED) is 0.416. The molecule has 34 heavy (non-hydrogen) atoms. The number of hydrogen-bond donors (Lipinski definition) is 1. The summed E-state index contributed by atoms with van der Waals surface area (Å²) in [4.78, 5) is 4.23. The number of aliphatic hydroxyl groups is 1. The fourth-order valence-electron chi connectivity index (χ4n) is 3.84. The molecular formula is C25H31F3N2O2S2. The number of ether oxygens (including phenoxy) is 1. The van der Waals surface area contributed by atoms with Crippen LogP contribution in [0, 0.1) is 0 Å². The van der Waals surface area contributed by atoms with Crippen molar-refractivity contribution in [1.29, 1.82) is 0 Å². The van der Waals surface area contributed by atoms with Crippen LogP contribution < -0.4 is 4.74 Å². The van der Waals surface area contributed by atoms with E-state index < -0.39 is 17.8 Å². The Labute approximate surface area is 209 Å². The van der Waals surface area contributed by atoms with Gasteiger partial charge in [-0.25, -0.2) is 0 Å². The summed E-state index contributed by atoms with van der Waals surface area (Å²) in [6.45, 7) is 3.38. The van der Waals surface area contributed by atoms with Gasteiger partial charge >= 0.3 is 6.18 Å². The SMILES string of the molecule is CN(CCC(Oc1ccc(C(F)(F)F)cc1)c1ccccc1)C(=S)SCC(O)CN1CCCC1. The Morgan fingerprint density at radius 1 is 1.12 bits per heavy atom. The molecule has 1 N–H and O–H groups in total. The molecule has 1 fully saturated rings. The zero-order valence-electron chi connectivity index (χ0n) is 19.2. The van der Waals surface area contributed by atoms with Gasteiger partial charge in [0.05, 0.1) is 11.7 Å². The minimum atomic E-state index is -4.38. The third-order valence-corrected chi connectivity index (χ3v) is 7.51. The zero-order chi connectivity index (χ0) is 24.6. The third kappa shape index (κ3) is 8.45. The summed E-state index contributed by atoms with van der Waals surface area (Å²) >= 11 is 7.01. The molecule has 0 amide bonds. The van der Waals surface area contributed by atoms with Crippen LogP contribution in [0.2, 0.25) is 0 Å². The Morgan fingerprint density at radius 2 is 1.76 bits per heavy atom. The minimum Gasteiger partial charge on any atom is -0.486 e. The first-order valence-corrected chi connectivity index (χ1v) is 12.8. The second-order valence-corrected chi connectivity index (χ2v) is 10.1. The number of hydrogen-bond acceptors (Lipinski definition) is 5. The Balaban J connectivity index is 1.53. The van der Waals surface area contributed by atoms with Gasteiger partial charge in [-0.1, -0.05) is 54.3 Å². The fourth-order valence-corrected chi connectivity index (χ4v) is 4.89. The molecule has 2 aromatic carbocycles.